The maximum Gasteiger partial charge on any atom is 0.338 e. The first-order valence-electron chi connectivity index (χ1n) is 7.46. The van der Waals surface area contributed by atoms with Gasteiger partial charge in [0.1, 0.15) is 0 Å². The van der Waals surface area contributed by atoms with E-state index in [1.165, 1.54) is 25.7 Å². The van der Waals surface area contributed by atoms with Crippen LogP contribution in [0.15, 0.2) is 30.3 Å². The van der Waals surface area contributed by atoms with Crippen LogP contribution in [-0.4, -0.2) is 12.6 Å². The molecule has 0 aliphatic carbocycles. The Hall–Kier alpha value is -1.31. The summed E-state index contributed by atoms with van der Waals surface area (Å²) < 4.78 is 5.25. The second-order valence-electron chi connectivity index (χ2n) is 5.25. The molecule has 0 aromatic heterocycles. The molecule has 0 aliphatic rings. The van der Waals surface area contributed by atoms with E-state index >= 15 is 0 Å². The third kappa shape index (κ3) is 7.00. The van der Waals surface area contributed by atoms with Gasteiger partial charge in [-0.15, -0.1) is 0 Å². The van der Waals surface area contributed by atoms with Gasteiger partial charge in [0.25, 0.3) is 0 Å². The summed E-state index contributed by atoms with van der Waals surface area (Å²) >= 11 is 0. The van der Waals surface area contributed by atoms with Crippen LogP contribution in [0.2, 0.25) is 0 Å². The summed E-state index contributed by atoms with van der Waals surface area (Å²) in [7, 11) is 0. The van der Waals surface area contributed by atoms with Crippen LogP contribution in [0, 0.1) is 5.92 Å². The van der Waals surface area contributed by atoms with Gasteiger partial charge in [-0.25, -0.2) is 4.79 Å². The SMILES string of the molecule is CCCCC(C)CCCCOC(=O)c1ccccc1. The van der Waals surface area contributed by atoms with Gasteiger partial charge in [-0.1, -0.05) is 57.7 Å². The van der Waals surface area contributed by atoms with Crippen LogP contribution in [0.5, 0.6) is 0 Å². The Balaban J connectivity index is 2.06. The van der Waals surface area contributed by atoms with Gasteiger partial charge in [-0.05, 0) is 30.9 Å². The molecule has 0 saturated heterocycles. The Kier molecular flexibility index (Phi) is 7.95. The van der Waals surface area contributed by atoms with Crippen molar-refractivity contribution in [2.24, 2.45) is 5.92 Å². The Bertz CT molecular complexity index is 346. The van der Waals surface area contributed by atoms with Crippen molar-refractivity contribution in [2.75, 3.05) is 6.61 Å². The first-order chi connectivity index (χ1) is 9.24. The maximum atomic E-state index is 11.7. The van der Waals surface area contributed by atoms with E-state index < -0.39 is 0 Å². The molecule has 0 saturated carbocycles. The fourth-order valence-corrected chi connectivity index (χ4v) is 2.11. The molecule has 1 unspecified atom stereocenters. The third-order valence-corrected chi connectivity index (χ3v) is 3.38. The van der Waals surface area contributed by atoms with Crippen molar-refractivity contribution in [1.82, 2.24) is 0 Å². The van der Waals surface area contributed by atoms with Crippen LogP contribution in [0.4, 0.5) is 0 Å². The second kappa shape index (κ2) is 9.60. The summed E-state index contributed by atoms with van der Waals surface area (Å²) in [5.74, 6) is 0.587. The summed E-state index contributed by atoms with van der Waals surface area (Å²) in [5.41, 5.74) is 0.638. The molecule has 0 radical (unpaired) electrons. The fraction of sp³-hybridized carbons (Fsp3) is 0.588. The van der Waals surface area contributed by atoms with Crippen LogP contribution in [0.1, 0.15) is 62.7 Å². The summed E-state index contributed by atoms with van der Waals surface area (Å²) in [6.07, 6.45) is 7.27. The van der Waals surface area contributed by atoms with Gasteiger partial charge in [0.2, 0.25) is 0 Å². The lowest BCUT2D eigenvalue weighted by Gasteiger charge is -2.10. The highest BCUT2D eigenvalue weighted by molar-refractivity contribution is 5.89. The number of carbonyl (C=O) groups excluding carboxylic acids is 1. The average Bonchev–Trinajstić information content (AvgIpc) is 2.45. The van der Waals surface area contributed by atoms with Crippen LogP contribution in [0.25, 0.3) is 0 Å². The molecular weight excluding hydrogens is 236 g/mol. The Morgan fingerprint density at radius 1 is 1.11 bits per heavy atom. The summed E-state index contributed by atoms with van der Waals surface area (Å²) in [4.78, 5) is 11.7. The molecule has 0 heterocycles. The van der Waals surface area contributed by atoms with Crippen LogP contribution >= 0.6 is 0 Å². The lowest BCUT2D eigenvalue weighted by Crippen LogP contribution is -2.06. The van der Waals surface area contributed by atoms with E-state index in [4.69, 9.17) is 4.74 Å². The van der Waals surface area contributed by atoms with Crippen LogP contribution in [0.3, 0.4) is 0 Å². The highest BCUT2D eigenvalue weighted by atomic mass is 16.5. The first kappa shape index (κ1) is 15.7. The van der Waals surface area contributed by atoms with Crippen LogP contribution < -0.4 is 0 Å². The normalized spacial score (nSPS) is 12.1. The zero-order valence-electron chi connectivity index (χ0n) is 12.2. The third-order valence-electron chi connectivity index (χ3n) is 3.38. The van der Waals surface area contributed by atoms with Crippen molar-refractivity contribution in [3.8, 4) is 0 Å². The number of unbranched alkanes of at least 4 members (excludes halogenated alkanes) is 2. The summed E-state index contributed by atoms with van der Waals surface area (Å²) in [6.45, 7) is 5.08. The topological polar surface area (TPSA) is 26.3 Å². The molecule has 0 amide bonds. The Labute approximate surface area is 117 Å². The van der Waals surface area contributed by atoms with E-state index in [1.807, 2.05) is 18.2 Å². The quantitative estimate of drug-likeness (QED) is 0.470. The van der Waals surface area contributed by atoms with E-state index in [-0.39, 0.29) is 5.97 Å². The van der Waals surface area contributed by atoms with Crippen LogP contribution in [-0.2, 0) is 4.74 Å². The highest BCUT2D eigenvalue weighted by Crippen LogP contribution is 2.15. The van der Waals surface area contributed by atoms with Gasteiger partial charge in [-0.3, -0.25) is 0 Å². The van der Waals surface area contributed by atoms with Gasteiger partial charge < -0.3 is 4.74 Å². The van der Waals surface area contributed by atoms with E-state index in [0.717, 1.165) is 18.8 Å². The lowest BCUT2D eigenvalue weighted by molar-refractivity contribution is 0.0497. The number of hydrogen-bond donors (Lipinski definition) is 0. The monoisotopic (exact) mass is 262 g/mol. The largest absolute Gasteiger partial charge is 0.462 e. The number of hydrogen-bond acceptors (Lipinski definition) is 2. The number of esters is 1. The van der Waals surface area contributed by atoms with Gasteiger partial charge in [0, 0.05) is 0 Å². The van der Waals surface area contributed by atoms with E-state index in [1.54, 1.807) is 12.1 Å². The van der Waals surface area contributed by atoms with E-state index in [2.05, 4.69) is 13.8 Å². The van der Waals surface area contributed by atoms with E-state index in [9.17, 15) is 4.79 Å². The molecule has 0 bridgehead atoms. The molecule has 1 aromatic rings. The Morgan fingerprint density at radius 3 is 2.47 bits per heavy atom. The van der Waals surface area contributed by atoms with Gasteiger partial charge in [0.05, 0.1) is 12.2 Å². The molecule has 0 fully saturated rings. The molecule has 2 heteroatoms. The first-order valence-corrected chi connectivity index (χ1v) is 7.46. The van der Waals surface area contributed by atoms with Crippen molar-refractivity contribution in [3.05, 3.63) is 35.9 Å². The number of carbonyl (C=O) groups is 1. The minimum atomic E-state index is -0.209. The molecule has 19 heavy (non-hydrogen) atoms. The van der Waals surface area contributed by atoms with Crippen molar-refractivity contribution < 1.29 is 9.53 Å². The van der Waals surface area contributed by atoms with Gasteiger partial charge >= 0.3 is 5.97 Å². The highest BCUT2D eigenvalue weighted by Gasteiger charge is 2.06. The summed E-state index contributed by atoms with van der Waals surface area (Å²) in [6, 6.07) is 9.18. The molecular formula is C17H26O2. The molecule has 0 aliphatic heterocycles. The van der Waals surface area contributed by atoms with E-state index in [0.29, 0.717) is 12.2 Å². The smallest absolute Gasteiger partial charge is 0.338 e. The molecule has 1 aromatic carbocycles. The fourth-order valence-electron chi connectivity index (χ4n) is 2.11. The zero-order chi connectivity index (χ0) is 13.9. The van der Waals surface area contributed by atoms with Crippen molar-refractivity contribution in [3.63, 3.8) is 0 Å². The minimum Gasteiger partial charge on any atom is -0.462 e. The van der Waals surface area contributed by atoms with Crippen molar-refractivity contribution in [2.45, 2.75) is 52.4 Å². The molecule has 0 spiro atoms. The molecule has 106 valence electrons. The average molecular weight is 262 g/mol. The minimum absolute atomic E-state index is 0.209. The standard InChI is InChI=1S/C17H26O2/c1-3-4-10-15(2)11-8-9-14-19-17(18)16-12-6-5-7-13-16/h5-7,12-13,15H,3-4,8-11,14H2,1-2H3. The van der Waals surface area contributed by atoms with Crippen molar-refractivity contribution >= 4 is 5.97 Å². The number of rotatable bonds is 9. The molecule has 1 atom stereocenters. The number of ether oxygens (including phenoxy) is 1. The predicted molar refractivity (Wildman–Crippen MR) is 79.3 cm³/mol. The number of benzene rings is 1. The lowest BCUT2D eigenvalue weighted by atomic mass is 9.98. The second-order valence-corrected chi connectivity index (χ2v) is 5.25. The zero-order valence-corrected chi connectivity index (χ0v) is 12.2. The molecule has 0 N–H and O–H groups in total. The summed E-state index contributed by atoms with van der Waals surface area (Å²) in [5, 5.41) is 0. The maximum absolute atomic E-state index is 11.7. The van der Waals surface area contributed by atoms with Gasteiger partial charge in [-0.2, -0.15) is 0 Å². The van der Waals surface area contributed by atoms with Crippen molar-refractivity contribution in [1.29, 1.82) is 0 Å². The Morgan fingerprint density at radius 2 is 1.79 bits per heavy atom. The molecule has 1 rings (SSSR count). The van der Waals surface area contributed by atoms with Gasteiger partial charge in [0.15, 0.2) is 0 Å². The predicted octanol–water partition coefficient (Wildman–Crippen LogP) is 4.84. The molecule has 2 nitrogen and oxygen atoms in total.